The van der Waals surface area contributed by atoms with Crippen molar-refractivity contribution < 1.29 is 9.53 Å². The molecule has 0 aliphatic rings. The Kier molecular flexibility index (Phi) is 4.81. The first kappa shape index (κ1) is 18.0. The number of carbonyl (C=O) groups is 1. The maximum Gasteiger partial charge on any atom is 0.332 e. The summed E-state index contributed by atoms with van der Waals surface area (Å²) in [7, 11) is 6.17. The van der Waals surface area contributed by atoms with Gasteiger partial charge in [0.05, 0.1) is 0 Å². The number of aryl methyl sites for hydroxylation is 2. The van der Waals surface area contributed by atoms with Gasteiger partial charge in [0, 0.05) is 28.2 Å². The number of ether oxygens (including phenoxy) is 1. The van der Waals surface area contributed by atoms with E-state index in [-0.39, 0.29) is 30.4 Å². The molecule has 2 aromatic heterocycles. The predicted molar refractivity (Wildman–Crippen MR) is 91.2 cm³/mol. The minimum Gasteiger partial charge on any atom is -0.443 e. The lowest BCUT2D eigenvalue weighted by Gasteiger charge is -2.17. The van der Waals surface area contributed by atoms with Gasteiger partial charge in [0.1, 0.15) is 6.54 Å². The first-order valence-electron chi connectivity index (χ1n) is 7.19. The Bertz CT molecular complexity index is 963. The number of imidazole rings is 1. The summed E-state index contributed by atoms with van der Waals surface area (Å²) >= 11 is 0. The molecule has 2 aromatic rings. The van der Waals surface area contributed by atoms with Crippen LogP contribution in [0.4, 0.5) is 5.95 Å². The van der Waals surface area contributed by atoms with Crippen molar-refractivity contribution in [3.8, 4) is 0 Å². The highest BCUT2D eigenvalue weighted by Crippen LogP contribution is 2.16. The second-order valence-corrected chi connectivity index (χ2v) is 5.43. The summed E-state index contributed by atoms with van der Waals surface area (Å²) in [6, 6.07) is 0. The lowest BCUT2D eigenvalue weighted by molar-refractivity contribution is -0.141. The van der Waals surface area contributed by atoms with Crippen LogP contribution < -0.4 is 27.6 Å². The number of aliphatic imine (C=N–C) groups is 1. The second kappa shape index (κ2) is 6.67. The van der Waals surface area contributed by atoms with Gasteiger partial charge in [-0.15, -0.1) is 0 Å². The Morgan fingerprint density at radius 2 is 1.84 bits per heavy atom. The maximum absolute atomic E-state index is 12.3. The minimum atomic E-state index is -0.623. The highest BCUT2D eigenvalue weighted by molar-refractivity contribution is 5.80. The van der Waals surface area contributed by atoms with Gasteiger partial charge in [-0.25, -0.2) is 14.6 Å². The van der Waals surface area contributed by atoms with E-state index in [1.807, 2.05) is 0 Å². The Balaban J connectivity index is 2.31. The van der Waals surface area contributed by atoms with E-state index in [4.69, 9.17) is 16.2 Å². The SMILES string of the molecule is CN(COC(=O)CN=C(N)N)c1nc2c(c(=O)n(C)c(=O)n2C)n1C. The molecular formula is C13H20N8O4. The zero-order valence-electron chi connectivity index (χ0n) is 14.4. The minimum absolute atomic E-state index is 0.135. The molecule has 0 radical (unpaired) electrons. The van der Waals surface area contributed by atoms with Crippen molar-refractivity contribution >= 4 is 29.0 Å². The molecule has 0 amide bonds. The molecule has 4 N–H and O–H groups in total. The normalized spacial score (nSPS) is 10.7. The predicted octanol–water partition coefficient (Wildman–Crippen LogP) is -2.82. The van der Waals surface area contributed by atoms with Crippen LogP contribution in [0.2, 0.25) is 0 Å². The molecule has 0 fully saturated rings. The molecule has 0 aliphatic heterocycles. The number of hydrogen-bond acceptors (Lipinski definition) is 7. The van der Waals surface area contributed by atoms with E-state index in [2.05, 4.69) is 9.98 Å². The third-order valence-electron chi connectivity index (χ3n) is 3.60. The van der Waals surface area contributed by atoms with Crippen molar-refractivity contribution in [2.24, 2.45) is 37.6 Å². The van der Waals surface area contributed by atoms with Gasteiger partial charge in [-0.1, -0.05) is 0 Å². The molecule has 2 rings (SSSR count). The molecule has 136 valence electrons. The highest BCUT2D eigenvalue weighted by Gasteiger charge is 2.19. The number of guanidine groups is 1. The van der Waals surface area contributed by atoms with Crippen molar-refractivity contribution in [3.05, 3.63) is 20.8 Å². The zero-order chi connectivity index (χ0) is 18.9. The van der Waals surface area contributed by atoms with Gasteiger partial charge in [0.25, 0.3) is 5.56 Å². The lowest BCUT2D eigenvalue weighted by atomic mass is 10.5. The number of nitrogens with zero attached hydrogens (tertiary/aromatic N) is 6. The van der Waals surface area contributed by atoms with Gasteiger partial charge in [-0.3, -0.25) is 13.9 Å². The maximum atomic E-state index is 12.3. The molecule has 0 saturated heterocycles. The Labute approximate surface area is 141 Å². The summed E-state index contributed by atoms with van der Waals surface area (Å²) in [6.07, 6.45) is 0. The van der Waals surface area contributed by atoms with E-state index in [1.165, 1.54) is 28.1 Å². The van der Waals surface area contributed by atoms with Crippen LogP contribution >= 0.6 is 0 Å². The standard InChI is InChI=1S/C13H20N8O4/c1-18(6-25-7(22)5-16-11(14)15)12-17-9-8(19(12)2)10(23)21(4)13(24)20(9)3/h5-6H2,1-4H3,(H4,14,15,16). The fourth-order valence-corrected chi connectivity index (χ4v) is 2.28. The van der Waals surface area contributed by atoms with Crippen molar-refractivity contribution in [1.82, 2.24) is 18.7 Å². The van der Waals surface area contributed by atoms with Crippen molar-refractivity contribution in [2.45, 2.75) is 0 Å². The van der Waals surface area contributed by atoms with E-state index in [0.717, 1.165) is 4.57 Å². The fourth-order valence-electron chi connectivity index (χ4n) is 2.28. The summed E-state index contributed by atoms with van der Waals surface area (Å²) in [5.41, 5.74) is 9.84. The molecule has 12 heteroatoms. The van der Waals surface area contributed by atoms with Crippen LogP contribution in [0.15, 0.2) is 14.6 Å². The Hall–Kier alpha value is -3.31. The molecule has 0 atom stereocenters. The second-order valence-electron chi connectivity index (χ2n) is 5.43. The van der Waals surface area contributed by atoms with Gasteiger partial charge in [-0.05, 0) is 0 Å². The summed E-state index contributed by atoms with van der Waals surface area (Å²) in [5.74, 6) is -0.484. The molecule has 0 spiro atoms. The number of rotatable bonds is 5. The van der Waals surface area contributed by atoms with Crippen LogP contribution in [-0.4, -0.2) is 50.9 Å². The average molecular weight is 352 g/mol. The molecule has 0 bridgehead atoms. The van der Waals surface area contributed by atoms with Gasteiger partial charge < -0.3 is 25.7 Å². The number of fused-ring (bicyclic) bond motifs is 1. The van der Waals surface area contributed by atoms with Gasteiger partial charge >= 0.3 is 11.7 Å². The van der Waals surface area contributed by atoms with Crippen LogP contribution in [0.3, 0.4) is 0 Å². The van der Waals surface area contributed by atoms with Crippen molar-refractivity contribution in [2.75, 3.05) is 25.2 Å². The van der Waals surface area contributed by atoms with Gasteiger partial charge in [-0.2, -0.15) is 4.98 Å². The van der Waals surface area contributed by atoms with Crippen LogP contribution in [-0.2, 0) is 30.7 Å². The summed E-state index contributed by atoms with van der Waals surface area (Å²) in [4.78, 5) is 45.2. The molecule has 25 heavy (non-hydrogen) atoms. The number of anilines is 1. The highest BCUT2D eigenvalue weighted by atomic mass is 16.5. The Morgan fingerprint density at radius 3 is 2.44 bits per heavy atom. The van der Waals surface area contributed by atoms with Crippen LogP contribution in [0, 0.1) is 0 Å². The van der Waals surface area contributed by atoms with Crippen LogP contribution in [0.25, 0.3) is 11.2 Å². The monoisotopic (exact) mass is 352 g/mol. The fraction of sp³-hybridized carbons (Fsp3) is 0.462. The molecule has 2 heterocycles. The van der Waals surface area contributed by atoms with E-state index < -0.39 is 17.2 Å². The third kappa shape index (κ3) is 3.32. The quantitative estimate of drug-likeness (QED) is 0.253. The lowest BCUT2D eigenvalue weighted by Crippen LogP contribution is -2.37. The van der Waals surface area contributed by atoms with E-state index >= 15 is 0 Å². The largest absolute Gasteiger partial charge is 0.443 e. The van der Waals surface area contributed by atoms with E-state index in [9.17, 15) is 14.4 Å². The average Bonchev–Trinajstić information content (AvgIpc) is 2.91. The summed E-state index contributed by atoms with van der Waals surface area (Å²) < 4.78 is 8.84. The number of nitrogens with two attached hydrogens (primary N) is 2. The molecule has 0 aliphatic carbocycles. The number of carbonyl (C=O) groups excluding carboxylic acids is 1. The third-order valence-corrected chi connectivity index (χ3v) is 3.60. The topological polar surface area (TPSA) is 156 Å². The number of hydrogen-bond donors (Lipinski definition) is 2. The van der Waals surface area contributed by atoms with Crippen LogP contribution in [0.1, 0.15) is 0 Å². The summed E-state index contributed by atoms with van der Waals surface area (Å²) in [6.45, 7) is -0.433. The van der Waals surface area contributed by atoms with Gasteiger partial charge in [0.15, 0.2) is 23.9 Å². The van der Waals surface area contributed by atoms with Crippen LogP contribution in [0.5, 0.6) is 0 Å². The molecular weight excluding hydrogens is 332 g/mol. The number of esters is 1. The van der Waals surface area contributed by atoms with Gasteiger partial charge in [0.2, 0.25) is 5.95 Å². The first-order valence-corrected chi connectivity index (χ1v) is 7.19. The Morgan fingerprint density at radius 1 is 1.20 bits per heavy atom. The van der Waals surface area contributed by atoms with E-state index in [1.54, 1.807) is 14.1 Å². The first-order chi connectivity index (χ1) is 11.6. The summed E-state index contributed by atoms with van der Waals surface area (Å²) in [5, 5.41) is 0. The van der Waals surface area contributed by atoms with Crippen molar-refractivity contribution in [1.29, 1.82) is 0 Å². The molecule has 0 aromatic carbocycles. The zero-order valence-corrected chi connectivity index (χ0v) is 14.4. The molecule has 12 nitrogen and oxygen atoms in total. The molecule has 0 unspecified atom stereocenters. The smallest absolute Gasteiger partial charge is 0.332 e. The molecule has 0 saturated carbocycles. The van der Waals surface area contributed by atoms with E-state index in [0.29, 0.717) is 5.95 Å². The number of aromatic nitrogens is 4. The van der Waals surface area contributed by atoms with Crippen molar-refractivity contribution in [3.63, 3.8) is 0 Å².